The van der Waals surface area contributed by atoms with E-state index < -0.39 is 0 Å². The number of halogens is 1. The summed E-state index contributed by atoms with van der Waals surface area (Å²) in [6, 6.07) is 8.49. The van der Waals surface area contributed by atoms with Crippen molar-refractivity contribution in [2.45, 2.75) is 44.2 Å². The van der Waals surface area contributed by atoms with Gasteiger partial charge in [0.15, 0.2) is 0 Å². The molecule has 2 aliphatic heterocycles. The summed E-state index contributed by atoms with van der Waals surface area (Å²) in [5.41, 5.74) is 7.14. The lowest BCUT2D eigenvalue weighted by Gasteiger charge is -2.36. The van der Waals surface area contributed by atoms with E-state index in [2.05, 4.69) is 22.3 Å². The second-order valence-electron chi connectivity index (χ2n) is 7.17. The van der Waals surface area contributed by atoms with Gasteiger partial charge in [-0.15, -0.1) is 0 Å². The van der Waals surface area contributed by atoms with Crippen LogP contribution in [-0.4, -0.2) is 54.6 Å². The molecule has 1 aromatic carbocycles. The number of piperidine rings is 2. The van der Waals surface area contributed by atoms with E-state index >= 15 is 0 Å². The highest BCUT2D eigenvalue weighted by Gasteiger charge is 2.25. The topological polar surface area (TPSA) is 61.6 Å². The van der Waals surface area contributed by atoms with Crippen molar-refractivity contribution < 1.29 is 4.79 Å². The quantitative estimate of drug-likeness (QED) is 0.863. The first-order chi connectivity index (χ1) is 12.1. The number of carbonyl (C=O) groups excluding carboxylic acids is 1. The molecule has 1 atom stereocenters. The van der Waals surface area contributed by atoms with Gasteiger partial charge in [-0.05, 0) is 56.5 Å². The third kappa shape index (κ3) is 5.09. The minimum absolute atomic E-state index is 0.0304. The molecule has 2 heterocycles. The van der Waals surface area contributed by atoms with E-state index in [1.807, 2.05) is 17.0 Å². The van der Waals surface area contributed by atoms with Crippen LogP contribution < -0.4 is 11.1 Å². The molecule has 25 heavy (non-hydrogen) atoms. The Kier molecular flexibility index (Phi) is 6.57. The minimum atomic E-state index is 0.0304. The van der Waals surface area contributed by atoms with Crippen LogP contribution in [0.2, 0.25) is 5.02 Å². The molecule has 2 fully saturated rings. The van der Waals surface area contributed by atoms with Gasteiger partial charge in [0, 0.05) is 30.7 Å². The zero-order valence-corrected chi connectivity index (χ0v) is 15.5. The normalized spacial score (nSPS) is 21.1. The van der Waals surface area contributed by atoms with Crippen LogP contribution >= 0.6 is 11.6 Å². The molecule has 1 aromatic rings. The first-order valence-electron chi connectivity index (χ1n) is 9.41. The van der Waals surface area contributed by atoms with E-state index in [4.69, 9.17) is 17.3 Å². The number of carbonyl (C=O) groups is 1. The number of rotatable bonds is 4. The summed E-state index contributed by atoms with van der Waals surface area (Å²) < 4.78 is 0. The van der Waals surface area contributed by atoms with Gasteiger partial charge in [-0.3, -0.25) is 4.90 Å². The zero-order chi connectivity index (χ0) is 17.6. The Balaban J connectivity index is 1.62. The molecule has 2 amide bonds. The van der Waals surface area contributed by atoms with Gasteiger partial charge in [0.25, 0.3) is 0 Å². The Morgan fingerprint density at radius 2 is 1.76 bits per heavy atom. The van der Waals surface area contributed by atoms with Crippen molar-refractivity contribution in [3.8, 4) is 0 Å². The van der Waals surface area contributed by atoms with Crippen LogP contribution in [0, 0.1) is 0 Å². The van der Waals surface area contributed by atoms with E-state index in [1.54, 1.807) is 0 Å². The van der Waals surface area contributed by atoms with Gasteiger partial charge in [0.2, 0.25) is 0 Å². The molecule has 0 spiro atoms. The maximum Gasteiger partial charge on any atom is 0.317 e. The van der Waals surface area contributed by atoms with E-state index in [0.29, 0.717) is 6.54 Å². The summed E-state index contributed by atoms with van der Waals surface area (Å²) in [6.07, 6.45) is 5.52. The summed E-state index contributed by atoms with van der Waals surface area (Å²) in [4.78, 5) is 16.9. The van der Waals surface area contributed by atoms with Crippen molar-refractivity contribution in [2.24, 2.45) is 5.73 Å². The minimum Gasteiger partial charge on any atom is -0.336 e. The molecule has 0 bridgehead atoms. The first-order valence-corrected chi connectivity index (χ1v) is 9.79. The molecule has 3 N–H and O–H groups in total. The molecule has 0 saturated carbocycles. The fraction of sp³-hybridized carbons (Fsp3) is 0.632. The van der Waals surface area contributed by atoms with Gasteiger partial charge in [-0.25, -0.2) is 4.79 Å². The Bertz CT molecular complexity index is 551. The molecule has 1 unspecified atom stereocenters. The van der Waals surface area contributed by atoms with Crippen LogP contribution in [0.4, 0.5) is 4.79 Å². The van der Waals surface area contributed by atoms with E-state index in [0.717, 1.165) is 44.0 Å². The van der Waals surface area contributed by atoms with Gasteiger partial charge in [0.05, 0.1) is 6.04 Å². The number of nitrogens with two attached hydrogens (primary N) is 1. The van der Waals surface area contributed by atoms with Crippen molar-refractivity contribution in [1.29, 1.82) is 0 Å². The monoisotopic (exact) mass is 364 g/mol. The van der Waals surface area contributed by atoms with Crippen LogP contribution in [-0.2, 0) is 0 Å². The van der Waals surface area contributed by atoms with Crippen molar-refractivity contribution >= 4 is 17.6 Å². The smallest absolute Gasteiger partial charge is 0.317 e. The molecule has 2 saturated heterocycles. The van der Waals surface area contributed by atoms with Gasteiger partial charge in [0.1, 0.15) is 0 Å². The summed E-state index contributed by atoms with van der Waals surface area (Å²) in [7, 11) is 0. The Labute approximate surface area is 155 Å². The van der Waals surface area contributed by atoms with Crippen LogP contribution in [0.1, 0.15) is 43.7 Å². The number of amides is 2. The molecule has 138 valence electrons. The summed E-state index contributed by atoms with van der Waals surface area (Å²) in [5.74, 6) is 0. The molecule has 5 nitrogen and oxygen atoms in total. The van der Waals surface area contributed by atoms with Crippen LogP contribution in [0.5, 0.6) is 0 Å². The number of nitrogens with zero attached hydrogens (tertiary/aromatic N) is 2. The lowest BCUT2D eigenvalue weighted by atomic mass is 10.0. The highest BCUT2D eigenvalue weighted by Crippen LogP contribution is 2.25. The molecular weight excluding hydrogens is 336 g/mol. The van der Waals surface area contributed by atoms with Crippen LogP contribution in [0.3, 0.4) is 0 Å². The largest absolute Gasteiger partial charge is 0.336 e. The average molecular weight is 365 g/mol. The van der Waals surface area contributed by atoms with Gasteiger partial charge in [-0.2, -0.15) is 0 Å². The van der Waals surface area contributed by atoms with E-state index in [1.165, 1.54) is 24.8 Å². The molecule has 0 radical (unpaired) electrons. The highest BCUT2D eigenvalue weighted by atomic mass is 35.5. The molecular formula is C19H29ClN4O. The Hall–Kier alpha value is -1.30. The van der Waals surface area contributed by atoms with E-state index in [9.17, 15) is 4.79 Å². The second-order valence-corrected chi connectivity index (χ2v) is 7.61. The van der Waals surface area contributed by atoms with Crippen molar-refractivity contribution in [2.75, 3.05) is 32.7 Å². The average Bonchev–Trinajstić information content (AvgIpc) is 2.64. The Morgan fingerprint density at radius 3 is 2.40 bits per heavy atom. The highest BCUT2D eigenvalue weighted by molar-refractivity contribution is 6.30. The predicted octanol–water partition coefficient (Wildman–Crippen LogP) is 3.00. The maximum absolute atomic E-state index is 12.5. The van der Waals surface area contributed by atoms with Crippen molar-refractivity contribution in [1.82, 2.24) is 15.1 Å². The summed E-state index contributed by atoms with van der Waals surface area (Å²) in [6.45, 7) is 4.30. The number of hydrogen-bond donors (Lipinski definition) is 2. The Morgan fingerprint density at radius 1 is 1.12 bits per heavy atom. The number of hydrogen-bond acceptors (Lipinski definition) is 3. The summed E-state index contributed by atoms with van der Waals surface area (Å²) in [5, 5.41) is 3.89. The fourth-order valence-electron chi connectivity index (χ4n) is 3.77. The van der Waals surface area contributed by atoms with Crippen LogP contribution in [0.25, 0.3) is 0 Å². The third-order valence-corrected chi connectivity index (χ3v) is 5.61. The van der Waals surface area contributed by atoms with Gasteiger partial charge >= 0.3 is 6.03 Å². The number of urea groups is 1. The molecule has 0 aliphatic carbocycles. The van der Waals surface area contributed by atoms with Gasteiger partial charge in [-0.1, -0.05) is 30.2 Å². The molecule has 2 aliphatic rings. The SMILES string of the molecule is NC1CCN(C(=O)NCC(c2ccc(Cl)cc2)N2CCCCC2)CC1. The standard InChI is InChI=1S/C19H29ClN4O/c20-16-6-4-15(5-7-16)18(23-10-2-1-3-11-23)14-22-19(25)24-12-8-17(21)9-13-24/h4-7,17-18H,1-3,8-14,21H2,(H,22,25). The molecule has 3 rings (SSSR count). The number of likely N-dealkylation sites (tertiary alicyclic amines) is 2. The lowest BCUT2D eigenvalue weighted by Crippen LogP contribution is -2.49. The zero-order valence-electron chi connectivity index (χ0n) is 14.8. The molecule has 0 aromatic heterocycles. The third-order valence-electron chi connectivity index (χ3n) is 5.36. The number of benzene rings is 1. The molecule has 6 heteroatoms. The number of nitrogens with one attached hydrogen (secondary N) is 1. The fourth-order valence-corrected chi connectivity index (χ4v) is 3.90. The lowest BCUT2D eigenvalue weighted by molar-refractivity contribution is 0.151. The van der Waals surface area contributed by atoms with Crippen molar-refractivity contribution in [3.63, 3.8) is 0 Å². The van der Waals surface area contributed by atoms with E-state index in [-0.39, 0.29) is 18.1 Å². The maximum atomic E-state index is 12.5. The summed E-state index contributed by atoms with van der Waals surface area (Å²) >= 11 is 6.04. The predicted molar refractivity (Wildman–Crippen MR) is 102 cm³/mol. The van der Waals surface area contributed by atoms with Gasteiger partial charge < -0.3 is 16.0 Å². The van der Waals surface area contributed by atoms with Crippen molar-refractivity contribution in [3.05, 3.63) is 34.9 Å². The first kappa shape index (κ1) is 18.5. The van der Waals surface area contributed by atoms with Crippen LogP contribution in [0.15, 0.2) is 24.3 Å². The second kappa shape index (κ2) is 8.88.